The fourth-order valence-electron chi connectivity index (χ4n) is 4.47. The number of amides is 1. The van der Waals surface area contributed by atoms with Gasteiger partial charge in [0.2, 0.25) is 0 Å². The van der Waals surface area contributed by atoms with E-state index >= 15 is 0 Å². The van der Waals surface area contributed by atoms with Gasteiger partial charge in [-0.1, -0.05) is 18.2 Å². The minimum absolute atomic E-state index is 0.0726. The van der Waals surface area contributed by atoms with Crippen LogP contribution in [0.3, 0.4) is 0 Å². The van der Waals surface area contributed by atoms with E-state index in [-0.39, 0.29) is 11.5 Å². The van der Waals surface area contributed by atoms with Gasteiger partial charge in [0.15, 0.2) is 0 Å². The Bertz CT molecular complexity index is 1430. The van der Waals surface area contributed by atoms with E-state index in [0.717, 1.165) is 48.3 Å². The summed E-state index contributed by atoms with van der Waals surface area (Å²) in [7, 11) is 1.61. The molecule has 3 aromatic heterocycles. The molecule has 0 aliphatic carbocycles. The molecule has 0 saturated carbocycles. The molecule has 1 aromatic carbocycles. The zero-order chi connectivity index (χ0) is 22.2. The number of hydrogen-bond donors (Lipinski definition) is 2. The molecule has 0 radical (unpaired) electrons. The average molecular weight is 428 g/mol. The summed E-state index contributed by atoms with van der Waals surface area (Å²) in [6, 6.07) is 13.8. The van der Waals surface area contributed by atoms with Crippen LogP contribution in [0.4, 0.5) is 0 Å². The third kappa shape index (κ3) is 3.61. The summed E-state index contributed by atoms with van der Waals surface area (Å²) >= 11 is 0. The molecule has 7 nitrogen and oxygen atoms in total. The van der Waals surface area contributed by atoms with Gasteiger partial charge in [0.25, 0.3) is 11.5 Å². The number of fused-ring (bicyclic) bond motifs is 3. The van der Waals surface area contributed by atoms with Gasteiger partial charge in [-0.15, -0.1) is 0 Å². The Hall–Kier alpha value is -3.71. The number of pyridine rings is 1. The number of H-pyrrole nitrogens is 1. The average Bonchev–Trinajstić information content (AvgIpc) is 3.30. The van der Waals surface area contributed by atoms with Crippen molar-refractivity contribution in [1.82, 2.24) is 24.6 Å². The van der Waals surface area contributed by atoms with Gasteiger partial charge in [-0.2, -0.15) is 0 Å². The fraction of sp³-hybridized carbons (Fsp3) is 0.240. The minimum atomic E-state index is -0.169. The second-order valence-electron chi connectivity index (χ2n) is 8.19. The molecule has 1 aliphatic heterocycles. The van der Waals surface area contributed by atoms with Crippen molar-refractivity contribution in [3.05, 3.63) is 87.6 Å². The molecule has 32 heavy (non-hydrogen) atoms. The van der Waals surface area contributed by atoms with Gasteiger partial charge in [0.1, 0.15) is 11.2 Å². The number of nitrogens with zero attached hydrogens (tertiary/aromatic N) is 3. The number of aromatic amines is 1. The Kier molecular flexibility index (Phi) is 5.11. The van der Waals surface area contributed by atoms with Crippen LogP contribution in [-0.2, 0) is 6.54 Å². The van der Waals surface area contributed by atoms with E-state index in [1.807, 2.05) is 35.7 Å². The lowest BCUT2D eigenvalue weighted by atomic mass is 9.97. The van der Waals surface area contributed by atoms with Gasteiger partial charge < -0.3 is 14.7 Å². The maximum atomic E-state index is 12.3. The number of aryl methyl sites for hydroxylation is 1. The molecular weight excluding hydrogens is 402 g/mol. The quantitative estimate of drug-likeness (QED) is 0.524. The minimum Gasteiger partial charge on any atom is -0.354 e. The van der Waals surface area contributed by atoms with E-state index in [1.54, 1.807) is 13.1 Å². The molecule has 7 heteroatoms. The van der Waals surface area contributed by atoms with Crippen LogP contribution < -0.4 is 10.9 Å². The molecule has 0 spiro atoms. The molecule has 4 aromatic rings. The lowest BCUT2D eigenvalue weighted by Gasteiger charge is -2.27. The van der Waals surface area contributed by atoms with Gasteiger partial charge in [0, 0.05) is 38.6 Å². The summed E-state index contributed by atoms with van der Waals surface area (Å²) < 4.78 is 1.93. The van der Waals surface area contributed by atoms with E-state index in [4.69, 9.17) is 0 Å². The van der Waals surface area contributed by atoms with Crippen LogP contribution in [0.5, 0.6) is 0 Å². The second-order valence-corrected chi connectivity index (χ2v) is 8.19. The van der Waals surface area contributed by atoms with Crippen LogP contribution in [0, 0.1) is 6.92 Å². The highest BCUT2D eigenvalue weighted by atomic mass is 16.1. The van der Waals surface area contributed by atoms with E-state index in [9.17, 15) is 9.59 Å². The van der Waals surface area contributed by atoms with Crippen LogP contribution in [0.2, 0.25) is 0 Å². The fourth-order valence-corrected chi connectivity index (χ4v) is 4.47. The van der Waals surface area contributed by atoms with Crippen molar-refractivity contribution in [2.24, 2.45) is 0 Å². The highest BCUT2D eigenvalue weighted by Gasteiger charge is 2.17. The molecule has 2 N–H and O–H groups in total. The first-order valence-corrected chi connectivity index (χ1v) is 10.8. The number of aromatic nitrogens is 3. The van der Waals surface area contributed by atoms with Crippen molar-refractivity contribution in [1.29, 1.82) is 0 Å². The summed E-state index contributed by atoms with van der Waals surface area (Å²) in [4.78, 5) is 34.0. The van der Waals surface area contributed by atoms with Crippen LogP contribution in [-0.4, -0.2) is 45.3 Å². The first-order valence-electron chi connectivity index (χ1n) is 10.8. The number of rotatable bonds is 4. The number of carbonyl (C=O) groups is 1. The van der Waals surface area contributed by atoms with E-state index in [0.29, 0.717) is 11.2 Å². The lowest BCUT2D eigenvalue weighted by molar-refractivity contribution is 0.0958. The summed E-state index contributed by atoms with van der Waals surface area (Å²) in [5.74, 6) is -0.169. The predicted molar refractivity (Wildman–Crippen MR) is 126 cm³/mol. The molecule has 0 saturated heterocycles. The molecule has 5 rings (SSSR count). The van der Waals surface area contributed by atoms with E-state index in [2.05, 4.69) is 44.5 Å². The maximum Gasteiger partial charge on any atom is 0.272 e. The van der Waals surface area contributed by atoms with Crippen LogP contribution >= 0.6 is 0 Å². The van der Waals surface area contributed by atoms with Crippen molar-refractivity contribution in [2.45, 2.75) is 19.9 Å². The van der Waals surface area contributed by atoms with Crippen molar-refractivity contribution in [2.75, 3.05) is 20.1 Å². The lowest BCUT2D eigenvalue weighted by Crippen LogP contribution is -2.28. The van der Waals surface area contributed by atoms with Crippen molar-refractivity contribution in [3.8, 4) is 0 Å². The SMILES string of the molecule is CNC(=O)c1ccc(C2=CCN(Cc3ccc4c(c3)[nH]c(=O)c3cccn34)CC2)c(C)n1. The Morgan fingerprint density at radius 3 is 2.81 bits per heavy atom. The van der Waals surface area contributed by atoms with E-state index < -0.39 is 0 Å². The molecule has 162 valence electrons. The second kappa shape index (κ2) is 8.09. The zero-order valence-electron chi connectivity index (χ0n) is 18.2. The maximum absolute atomic E-state index is 12.3. The smallest absolute Gasteiger partial charge is 0.272 e. The Labute approximate surface area is 185 Å². The number of hydrogen-bond acceptors (Lipinski definition) is 4. The van der Waals surface area contributed by atoms with Gasteiger partial charge in [-0.05, 0) is 60.4 Å². The normalized spacial score (nSPS) is 14.6. The Morgan fingerprint density at radius 2 is 2.06 bits per heavy atom. The summed E-state index contributed by atoms with van der Waals surface area (Å²) in [5, 5.41) is 2.61. The molecule has 0 atom stereocenters. The standard InChI is InChI=1S/C25H25N5O2/c1-16-19(6-7-20(27-16)24(31)26-2)18-9-12-29(13-10-18)15-17-5-8-22-21(14-17)28-25(32)23-4-3-11-30(22)23/h3-9,11,14H,10,12-13,15H2,1-2H3,(H,26,31)(H,28,32). The first kappa shape index (κ1) is 20.2. The largest absolute Gasteiger partial charge is 0.354 e. The molecule has 4 heterocycles. The van der Waals surface area contributed by atoms with Crippen LogP contribution in [0.1, 0.15) is 33.7 Å². The summed E-state index contributed by atoms with van der Waals surface area (Å²) in [5.41, 5.74) is 7.30. The molecular formula is C25H25N5O2. The number of benzene rings is 1. The summed E-state index contributed by atoms with van der Waals surface area (Å²) in [6.45, 7) is 4.55. The highest BCUT2D eigenvalue weighted by molar-refractivity contribution is 5.92. The molecule has 1 amide bonds. The van der Waals surface area contributed by atoms with Crippen LogP contribution in [0.15, 0.2) is 59.5 Å². The Balaban J connectivity index is 1.33. The summed E-state index contributed by atoms with van der Waals surface area (Å²) in [6.07, 6.45) is 5.09. The third-order valence-electron chi connectivity index (χ3n) is 6.14. The monoisotopic (exact) mass is 427 g/mol. The first-order chi connectivity index (χ1) is 15.5. The van der Waals surface area contributed by atoms with Crippen LogP contribution in [0.25, 0.3) is 22.1 Å². The van der Waals surface area contributed by atoms with Crippen molar-refractivity contribution in [3.63, 3.8) is 0 Å². The number of carbonyl (C=O) groups excluding carboxylic acids is 1. The predicted octanol–water partition coefficient (Wildman–Crippen LogP) is 3.13. The zero-order valence-corrected chi connectivity index (χ0v) is 18.2. The topological polar surface area (TPSA) is 82.5 Å². The Morgan fingerprint density at radius 1 is 1.19 bits per heavy atom. The van der Waals surface area contributed by atoms with E-state index in [1.165, 1.54) is 11.1 Å². The molecule has 0 bridgehead atoms. The number of nitrogens with one attached hydrogen (secondary N) is 2. The van der Waals surface area contributed by atoms with Gasteiger partial charge in [-0.3, -0.25) is 14.5 Å². The molecule has 0 fully saturated rings. The van der Waals surface area contributed by atoms with Gasteiger partial charge in [0.05, 0.1) is 11.0 Å². The van der Waals surface area contributed by atoms with Gasteiger partial charge in [-0.25, -0.2) is 4.98 Å². The van der Waals surface area contributed by atoms with Gasteiger partial charge >= 0.3 is 0 Å². The third-order valence-corrected chi connectivity index (χ3v) is 6.14. The molecule has 1 aliphatic rings. The van der Waals surface area contributed by atoms with Crippen molar-refractivity contribution >= 4 is 28.0 Å². The van der Waals surface area contributed by atoms with Crippen molar-refractivity contribution < 1.29 is 4.79 Å². The molecule has 0 unspecified atom stereocenters. The highest BCUT2D eigenvalue weighted by Crippen LogP contribution is 2.26.